The minimum atomic E-state index is 0.841. The average Bonchev–Trinajstić information content (AvgIpc) is 2.99. The van der Waals surface area contributed by atoms with Crippen LogP contribution in [-0.2, 0) is 9.47 Å². The van der Waals surface area contributed by atoms with Crippen molar-refractivity contribution in [2.75, 3.05) is 13.2 Å². The topological polar surface area (TPSA) is 18.5 Å². The maximum Gasteiger partial charge on any atom is 0.209 e. The van der Waals surface area contributed by atoms with Crippen LogP contribution in [0.5, 0.6) is 0 Å². The molecule has 0 aromatic carbocycles. The van der Waals surface area contributed by atoms with Crippen LogP contribution >= 0.6 is 0 Å². The van der Waals surface area contributed by atoms with Gasteiger partial charge in [-0.1, -0.05) is 25.7 Å². The van der Waals surface area contributed by atoms with Crippen LogP contribution in [-0.4, -0.2) is 13.2 Å². The summed E-state index contributed by atoms with van der Waals surface area (Å²) in [5.74, 6) is 1.92. The second-order valence-electron chi connectivity index (χ2n) is 4.30. The van der Waals surface area contributed by atoms with Gasteiger partial charge in [0.2, 0.25) is 6.79 Å². The molecule has 2 aliphatic rings. The van der Waals surface area contributed by atoms with E-state index >= 15 is 0 Å². The molecule has 0 N–H and O–H groups in total. The molecule has 0 unspecified atom stereocenters. The van der Waals surface area contributed by atoms with E-state index in [9.17, 15) is 0 Å². The van der Waals surface area contributed by atoms with Crippen molar-refractivity contribution in [3.63, 3.8) is 0 Å². The summed E-state index contributed by atoms with van der Waals surface area (Å²) < 4.78 is 10.5. The zero-order chi connectivity index (χ0) is 8.93. The van der Waals surface area contributed by atoms with Gasteiger partial charge >= 0.3 is 0 Å². The van der Waals surface area contributed by atoms with E-state index in [-0.39, 0.29) is 0 Å². The lowest BCUT2D eigenvalue weighted by Crippen LogP contribution is -1.98. The van der Waals surface area contributed by atoms with Crippen LogP contribution in [0, 0.1) is 18.6 Å². The van der Waals surface area contributed by atoms with Crippen LogP contribution < -0.4 is 0 Å². The number of ether oxygens (including phenoxy) is 2. The van der Waals surface area contributed by atoms with Crippen LogP contribution in [0.2, 0.25) is 0 Å². The van der Waals surface area contributed by atoms with Gasteiger partial charge in [0.25, 0.3) is 0 Å². The predicted octanol–water partition coefficient (Wildman–Crippen LogP) is 2.74. The fourth-order valence-electron chi connectivity index (χ4n) is 1.43. The van der Waals surface area contributed by atoms with Gasteiger partial charge in [0.1, 0.15) is 0 Å². The van der Waals surface area contributed by atoms with Gasteiger partial charge in [-0.2, -0.15) is 0 Å². The highest BCUT2D eigenvalue weighted by Gasteiger charge is 2.21. The highest BCUT2D eigenvalue weighted by atomic mass is 16.7. The number of rotatable bonds is 8. The molecule has 1 radical (unpaired) electrons. The van der Waals surface area contributed by atoms with Crippen LogP contribution in [0.15, 0.2) is 0 Å². The van der Waals surface area contributed by atoms with Crippen LogP contribution in [0.25, 0.3) is 0 Å². The van der Waals surface area contributed by atoms with Crippen LogP contribution in [0.1, 0.15) is 38.5 Å². The van der Waals surface area contributed by atoms with E-state index in [1.54, 1.807) is 0 Å². The highest BCUT2D eigenvalue weighted by Crippen LogP contribution is 2.32. The van der Waals surface area contributed by atoms with E-state index < -0.39 is 0 Å². The zero-order valence-corrected chi connectivity index (χ0v) is 8.21. The molecule has 0 bridgehead atoms. The molecule has 2 fully saturated rings. The lowest BCUT2D eigenvalue weighted by molar-refractivity contribution is 0.0164. The molecule has 75 valence electrons. The van der Waals surface area contributed by atoms with Gasteiger partial charge in [-0.3, -0.25) is 0 Å². The normalized spacial score (nSPS) is 22.2. The SMILES string of the molecule is [CH](OCCC1CC1)OCCC1CC1. The van der Waals surface area contributed by atoms with E-state index in [1.807, 2.05) is 0 Å². The minimum absolute atomic E-state index is 0.841. The summed E-state index contributed by atoms with van der Waals surface area (Å²) in [6.45, 7) is 3.22. The van der Waals surface area contributed by atoms with E-state index in [0.717, 1.165) is 25.0 Å². The first-order chi connectivity index (χ1) is 6.45. The van der Waals surface area contributed by atoms with E-state index in [1.165, 1.54) is 45.3 Å². The molecule has 2 saturated carbocycles. The smallest absolute Gasteiger partial charge is 0.209 e. The monoisotopic (exact) mass is 183 g/mol. The van der Waals surface area contributed by atoms with Crippen molar-refractivity contribution in [3.05, 3.63) is 6.79 Å². The van der Waals surface area contributed by atoms with Gasteiger partial charge < -0.3 is 9.47 Å². The van der Waals surface area contributed by atoms with E-state index in [4.69, 9.17) is 9.47 Å². The molecule has 0 spiro atoms. The Morgan fingerprint density at radius 1 is 0.846 bits per heavy atom. The summed E-state index contributed by atoms with van der Waals surface area (Å²) in [7, 11) is 0. The molecule has 13 heavy (non-hydrogen) atoms. The molecule has 0 aromatic rings. The van der Waals surface area contributed by atoms with Crippen molar-refractivity contribution in [1.82, 2.24) is 0 Å². The van der Waals surface area contributed by atoms with Crippen molar-refractivity contribution in [2.45, 2.75) is 38.5 Å². The first-order valence-corrected chi connectivity index (χ1v) is 5.50. The maximum atomic E-state index is 5.24. The van der Waals surface area contributed by atoms with Gasteiger partial charge in [0.05, 0.1) is 13.2 Å². The second-order valence-corrected chi connectivity index (χ2v) is 4.30. The molecule has 2 aliphatic carbocycles. The largest absolute Gasteiger partial charge is 0.348 e. The van der Waals surface area contributed by atoms with E-state index in [0.29, 0.717) is 0 Å². The molecule has 0 aliphatic heterocycles. The van der Waals surface area contributed by atoms with Gasteiger partial charge in [-0.25, -0.2) is 0 Å². The standard InChI is InChI=1S/C11H19O2/c1-2-10(1)5-7-12-9-13-8-6-11-3-4-11/h9-11H,1-8H2. The second kappa shape index (κ2) is 4.97. The summed E-state index contributed by atoms with van der Waals surface area (Å²) in [6.07, 6.45) is 8.06. The van der Waals surface area contributed by atoms with Crippen molar-refractivity contribution >= 4 is 0 Å². The van der Waals surface area contributed by atoms with Crippen molar-refractivity contribution in [1.29, 1.82) is 0 Å². The molecule has 0 saturated heterocycles. The van der Waals surface area contributed by atoms with Gasteiger partial charge in [-0.15, -0.1) is 0 Å². The number of hydrogen-bond acceptors (Lipinski definition) is 2. The predicted molar refractivity (Wildman–Crippen MR) is 50.9 cm³/mol. The molecular formula is C11H19O2. The Morgan fingerprint density at radius 3 is 1.69 bits per heavy atom. The molecule has 2 nitrogen and oxygen atoms in total. The summed E-state index contributed by atoms with van der Waals surface area (Å²) in [4.78, 5) is 0. The highest BCUT2D eigenvalue weighted by molar-refractivity contribution is 4.73. The fourth-order valence-corrected chi connectivity index (χ4v) is 1.43. The molecular weight excluding hydrogens is 164 g/mol. The third-order valence-electron chi connectivity index (χ3n) is 2.82. The average molecular weight is 183 g/mol. The number of hydrogen-bond donors (Lipinski definition) is 0. The Kier molecular flexibility index (Phi) is 3.62. The van der Waals surface area contributed by atoms with Gasteiger partial charge in [0.15, 0.2) is 0 Å². The van der Waals surface area contributed by atoms with Crippen molar-refractivity contribution in [3.8, 4) is 0 Å². The minimum Gasteiger partial charge on any atom is -0.348 e. The molecule has 2 rings (SSSR count). The van der Waals surface area contributed by atoms with Gasteiger partial charge in [-0.05, 0) is 24.7 Å². The zero-order valence-electron chi connectivity index (χ0n) is 8.21. The van der Waals surface area contributed by atoms with Crippen molar-refractivity contribution in [2.24, 2.45) is 11.8 Å². The van der Waals surface area contributed by atoms with Crippen LogP contribution in [0.4, 0.5) is 0 Å². The quantitative estimate of drug-likeness (QED) is 0.539. The first kappa shape index (κ1) is 9.47. The maximum absolute atomic E-state index is 5.24. The summed E-state index contributed by atoms with van der Waals surface area (Å²) in [5.41, 5.74) is 0. The molecule has 0 heterocycles. The molecule has 0 aromatic heterocycles. The third kappa shape index (κ3) is 4.63. The molecule has 0 amide bonds. The summed E-state index contributed by atoms with van der Waals surface area (Å²) >= 11 is 0. The summed E-state index contributed by atoms with van der Waals surface area (Å²) in [6, 6.07) is 0. The summed E-state index contributed by atoms with van der Waals surface area (Å²) in [5, 5.41) is 0. The fraction of sp³-hybridized carbons (Fsp3) is 0.909. The van der Waals surface area contributed by atoms with Gasteiger partial charge in [0, 0.05) is 0 Å². The first-order valence-electron chi connectivity index (χ1n) is 5.50. The Labute approximate surface area is 80.6 Å². The lowest BCUT2D eigenvalue weighted by Gasteiger charge is -2.03. The Hall–Kier alpha value is -0.0800. The molecule has 0 atom stereocenters. The van der Waals surface area contributed by atoms with Crippen LogP contribution in [0.3, 0.4) is 0 Å². The Bertz CT molecular complexity index is 123. The van der Waals surface area contributed by atoms with Crippen molar-refractivity contribution < 1.29 is 9.47 Å². The van der Waals surface area contributed by atoms with E-state index in [2.05, 4.69) is 0 Å². The Morgan fingerprint density at radius 2 is 1.31 bits per heavy atom. The third-order valence-corrected chi connectivity index (χ3v) is 2.82. The molecule has 2 heteroatoms. The lowest BCUT2D eigenvalue weighted by atomic mass is 10.3. The Balaban J connectivity index is 1.28.